The third kappa shape index (κ3) is 4.80. The Kier molecular flexibility index (Phi) is 5.99. The molecule has 4 rings (SSSR count). The predicted octanol–water partition coefficient (Wildman–Crippen LogP) is 4.63. The number of amides is 1. The molecule has 1 amide bonds. The van der Waals surface area contributed by atoms with E-state index in [9.17, 15) is 9.18 Å². The Bertz CT molecular complexity index is 1150. The van der Waals surface area contributed by atoms with Gasteiger partial charge in [-0.3, -0.25) is 9.48 Å². The average Bonchev–Trinajstić information content (AvgIpc) is 3.38. The number of aromatic nitrogens is 3. The molecular formula is C23H21FN4OS. The molecule has 0 unspecified atom stereocenters. The minimum atomic E-state index is -0.231. The van der Waals surface area contributed by atoms with Crippen LogP contribution in [0.3, 0.4) is 0 Å². The Hall–Kier alpha value is -3.32. The van der Waals surface area contributed by atoms with Gasteiger partial charge in [-0.15, -0.1) is 11.3 Å². The minimum Gasteiger partial charge on any atom is -0.347 e. The van der Waals surface area contributed by atoms with Gasteiger partial charge in [-0.2, -0.15) is 5.10 Å². The van der Waals surface area contributed by atoms with E-state index in [0.29, 0.717) is 35.1 Å². The second-order valence-electron chi connectivity index (χ2n) is 6.95. The van der Waals surface area contributed by atoms with Gasteiger partial charge >= 0.3 is 0 Å². The lowest BCUT2D eigenvalue weighted by atomic mass is 10.1. The second-order valence-corrected chi connectivity index (χ2v) is 7.94. The van der Waals surface area contributed by atoms with Gasteiger partial charge in [0.05, 0.1) is 5.69 Å². The molecule has 152 valence electrons. The molecule has 0 aliphatic rings. The van der Waals surface area contributed by atoms with E-state index in [1.54, 1.807) is 6.07 Å². The molecule has 0 saturated heterocycles. The molecule has 0 bridgehead atoms. The number of benzene rings is 2. The Labute approximate surface area is 178 Å². The van der Waals surface area contributed by atoms with Crippen molar-refractivity contribution in [2.75, 3.05) is 0 Å². The first-order valence-corrected chi connectivity index (χ1v) is 10.5. The van der Waals surface area contributed by atoms with Gasteiger partial charge in [0.1, 0.15) is 21.4 Å². The number of rotatable bonds is 7. The molecule has 0 saturated carbocycles. The number of hydrogen-bond donors (Lipinski definition) is 1. The molecule has 2 aromatic heterocycles. The van der Waals surface area contributed by atoms with E-state index in [1.165, 1.54) is 23.5 Å². The summed E-state index contributed by atoms with van der Waals surface area (Å²) in [5, 5.41) is 8.22. The molecule has 7 heteroatoms. The first kappa shape index (κ1) is 20.0. The van der Waals surface area contributed by atoms with Gasteiger partial charge in [0.15, 0.2) is 0 Å². The fraction of sp³-hybridized carbons (Fsp3) is 0.174. The quantitative estimate of drug-likeness (QED) is 0.474. The SMILES string of the molecule is Cc1nc(-c2ccn(CCc3cccc(F)c3)n2)sc1C(=O)NCc1ccccc1. The van der Waals surface area contributed by atoms with Gasteiger partial charge in [0.2, 0.25) is 0 Å². The van der Waals surface area contributed by atoms with Crippen molar-refractivity contribution in [3.8, 4) is 10.7 Å². The summed E-state index contributed by atoms with van der Waals surface area (Å²) in [4.78, 5) is 17.7. The van der Waals surface area contributed by atoms with Gasteiger partial charge in [0, 0.05) is 19.3 Å². The maximum absolute atomic E-state index is 13.3. The van der Waals surface area contributed by atoms with Crippen LogP contribution in [0.4, 0.5) is 4.39 Å². The van der Waals surface area contributed by atoms with Gasteiger partial charge in [-0.05, 0) is 42.7 Å². The highest BCUT2D eigenvalue weighted by Crippen LogP contribution is 2.26. The number of nitrogens with one attached hydrogen (secondary N) is 1. The summed E-state index contributed by atoms with van der Waals surface area (Å²) in [6.45, 7) is 2.94. The first-order chi connectivity index (χ1) is 14.6. The Morgan fingerprint density at radius 3 is 2.70 bits per heavy atom. The van der Waals surface area contributed by atoms with E-state index in [4.69, 9.17) is 0 Å². The summed E-state index contributed by atoms with van der Waals surface area (Å²) in [6.07, 6.45) is 2.56. The monoisotopic (exact) mass is 420 g/mol. The highest BCUT2D eigenvalue weighted by atomic mass is 32.1. The summed E-state index contributed by atoms with van der Waals surface area (Å²) < 4.78 is 15.1. The van der Waals surface area contributed by atoms with Crippen molar-refractivity contribution in [3.05, 3.63) is 94.4 Å². The first-order valence-electron chi connectivity index (χ1n) is 9.66. The number of carbonyl (C=O) groups is 1. The molecule has 0 fully saturated rings. The van der Waals surface area contributed by atoms with Crippen molar-refractivity contribution >= 4 is 17.2 Å². The van der Waals surface area contributed by atoms with Crippen molar-refractivity contribution in [1.82, 2.24) is 20.1 Å². The summed E-state index contributed by atoms with van der Waals surface area (Å²) in [7, 11) is 0. The van der Waals surface area contributed by atoms with E-state index in [2.05, 4.69) is 15.4 Å². The molecule has 0 aliphatic carbocycles. The van der Waals surface area contributed by atoms with E-state index < -0.39 is 0 Å². The van der Waals surface area contributed by atoms with Crippen LogP contribution in [0.5, 0.6) is 0 Å². The normalized spacial score (nSPS) is 10.9. The van der Waals surface area contributed by atoms with E-state index in [-0.39, 0.29) is 11.7 Å². The molecule has 0 radical (unpaired) electrons. The predicted molar refractivity (Wildman–Crippen MR) is 116 cm³/mol. The molecule has 5 nitrogen and oxygen atoms in total. The van der Waals surface area contributed by atoms with Crippen LogP contribution in [0.15, 0.2) is 66.9 Å². The summed E-state index contributed by atoms with van der Waals surface area (Å²) in [5.74, 6) is -0.365. The summed E-state index contributed by atoms with van der Waals surface area (Å²) >= 11 is 1.34. The molecule has 0 atom stereocenters. The van der Waals surface area contributed by atoms with E-state index >= 15 is 0 Å². The second kappa shape index (κ2) is 9.00. The van der Waals surface area contributed by atoms with Gasteiger partial charge < -0.3 is 5.32 Å². The number of nitrogens with zero attached hydrogens (tertiary/aromatic N) is 3. The molecular weight excluding hydrogens is 399 g/mol. The Balaban J connectivity index is 1.41. The number of aryl methyl sites for hydroxylation is 3. The molecule has 0 spiro atoms. The zero-order valence-corrected chi connectivity index (χ0v) is 17.3. The third-order valence-electron chi connectivity index (χ3n) is 4.68. The van der Waals surface area contributed by atoms with Crippen LogP contribution < -0.4 is 5.32 Å². The van der Waals surface area contributed by atoms with Gasteiger partial charge in [0.25, 0.3) is 5.91 Å². The van der Waals surface area contributed by atoms with Crippen LogP contribution >= 0.6 is 11.3 Å². The van der Waals surface area contributed by atoms with Crippen LogP contribution in [-0.2, 0) is 19.5 Å². The van der Waals surface area contributed by atoms with Gasteiger partial charge in [-0.1, -0.05) is 42.5 Å². The van der Waals surface area contributed by atoms with Crippen LogP contribution in [0, 0.1) is 12.7 Å². The Morgan fingerprint density at radius 1 is 1.10 bits per heavy atom. The maximum atomic E-state index is 13.3. The van der Waals surface area contributed by atoms with Crippen molar-refractivity contribution in [3.63, 3.8) is 0 Å². The summed E-state index contributed by atoms with van der Waals surface area (Å²) in [6, 6.07) is 18.3. The lowest BCUT2D eigenvalue weighted by Gasteiger charge is -2.03. The topological polar surface area (TPSA) is 59.8 Å². The average molecular weight is 421 g/mol. The maximum Gasteiger partial charge on any atom is 0.263 e. The lowest BCUT2D eigenvalue weighted by Crippen LogP contribution is -2.22. The van der Waals surface area contributed by atoms with E-state index in [1.807, 2.05) is 60.3 Å². The van der Waals surface area contributed by atoms with Crippen LogP contribution in [0.1, 0.15) is 26.5 Å². The highest BCUT2D eigenvalue weighted by molar-refractivity contribution is 7.17. The third-order valence-corrected chi connectivity index (χ3v) is 5.86. The van der Waals surface area contributed by atoms with Crippen LogP contribution in [0.25, 0.3) is 10.7 Å². The highest BCUT2D eigenvalue weighted by Gasteiger charge is 2.17. The molecule has 30 heavy (non-hydrogen) atoms. The van der Waals surface area contributed by atoms with Crippen LogP contribution in [0.2, 0.25) is 0 Å². The zero-order valence-electron chi connectivity index (χ0n) is 16.5. The number of carbonyl (C=O) groups excluding carboxylic acids is 1. The van der Waals surface area contributed by atoms with Crippen molar-refractivity contribution in [1.29, 1.82) is 0 Å². The molecule has 1 N–H and O–H groups in total. The standard InChI is InChI=1S/C23H21FN4OS/c1-16-21(22(29)25-15-18-6-3-2-4-7-18)30-23(26-16)20-11-13-28(27-20)12-10-17-8-5-9-19(24)14-17/h2-9,11,13-14H,10,12,15H2,1H3,(H,25,29). The fourth-order valence-electron chi connectivity index (χ4n) is 3.11. The number of hydrogen-bond acceptors (Lipinski definition) is 4. The van der Waals surface area contributed by atoms with Crippen molar-refractivity contribution < 1.29 is 9.18 Å². The van der Waals surface area contributed by atoms with E-state index in [0.717, 1.165) is 16.8 Å². The lowest BCUT2D eigenvalue weighted by molar-refractivity contribution is 0.0954. The zero-order chi connectivity index (χ0) is 20.9. The minimum absolute atomic E-state index is 0.134. The summed E-state index contributed by atoms with van der Waals surface area (Å²) in [5.41, 5.74) is 3.39. The van der Waals surface area contributed by atoms with Gasteiger partial charge in [-0.25, -0.2) is 9.37 Å². The van der Waals surface area contributed by atoms with Crippen LogP contribution in [-0.4, -0.2) is 20.7 Å². The molecule has 2 heterocycles. The number of thiazole rings is 1. The number of halogens is 1. The molecule has 0 aliphatic heterocycles. The fourth-order valence-corrected chi connectivity index (χ4v) is 4.06. The Morgan fingerprint density at radius 2 is 1.90 bits per heavy atom. The largest absolute Gasteiger partial charge is 0.347 e. The smallest absolute Gasteiger partial charge is 0.263 e. The molecule has 2 aromatic carbocycles. The molecule has 4 aromatic rings. The van der Waals surface area contributed by atoms with Crippen molar-refractivity contribution in [2.45, 2.75) is 26.4 Å². The van der Waals surface area contributed by atoms with Crippen molar-refractivity contribution in [2.24, 2.45) is 0 Å².